The number of rotatable bonds is 4. The normalized spacial score (nSPS) is 13.6. The van der Waals surface area contributed by atoms with E-state index in [0.29, 0.717) is 18.9 Å². The van der Waals surface area contributed by atoms with Crippen molar-refractivity contribution in [3.05, 3.63) is 46.8 Å². The molecule has 18 heavy (non-hydrogen) atoms. The predicted octanol–water partition coefficient (Wildman–Crippen LogP) is 2.20. The van der Waals surface area contributed by atoms with Gasteiger partial charge in [-0.1, -0.05) is 11.2 Å². The fraction of sp³-hybridized carbons (Fsp3) is 0.357. The third kappa shape index (κ3) is 2.24. The Balaban J connectivity index is 1.66. The van der Waals surface area contributed by atoms with Crippen molar-refractivity contribution < 1.29 is 9.26 Å². The molecule has 4 heteroatoms. The first kappa shape index (κ1) is 11.3. The number of nitrogens with zero attached hydrogens (tertiary/aromatic N) is 1. The highest BCUT2D eigenvalue weighted by atomic mass is 16.5. The Labute approximate surface area is 106 Å². The summed E-state index contributed by atoms with van der Waals surface area (Å²) in [5.74, 6) is 1.59. The van der Waals surface area contributed by atoms with Crippen molar-refractivity contribution in [1.29, 1.82) is 0 Å². The van der Waals surface area contributed by atoms with E-state index in [1.807, 2.05) is 12.1 Å². The second-order valence-corrected chi connectivity index (χ2v) is 4.56. The lowest BCUT2D eigenvalue weighted by Crippen LogP contribution is -1.96. The van der Waals surface area contributed by atoms with Crippen LogP contribution >= 0.6 is 0 Å². The third-order valence-electron chi connectivity index (χ3n) is 3.27. The number of aryl methyl sites for hydroxylation is 2. The molecule has 94 valence electrons. The van der Waals surface area contributed by atoms with E-state index in [0.717, 1.165) is 17.9 Å². The molecule has 0 aliphatic heterocycles. The molecule has 1 aromatic carbocycles. The molecule has 0 atom stereocenters. The summed E-state index contributed by atoms with van der Waals surface area (Å²) >= 11 is 0. The SMILES string of the molecule is NCc1cc(COc2ccc3c(c2)CCC3)on1. The molecule has 0 unspecified atom stereocenters. The predicted molar refractivity (Wildman–Crippen MR) is 67.2 cm³/mol. The number of nitrogens with two attached hydrogens (primary N) is 1. The van der Waals surface area contributed by atoms with Crippen LogP contribution in [0.25, 0.3) is 0 Å². The molecule has 0 spiro atoms. The average Bonchev–Trinajstić information content (AvgIpc) is 3.04. The van der Waals surface area contributed by atoms with Crippen LogP contribution in [-0.2, 0) is 26.0 Å². The third-order valence-corrected chi connectivity index (χ3v) is 3.27. The lowest BCUT2D eigenvalue weighted by molar-refractivity contribution is 0.248. The molecule has 0 saturated carbocycles. The standard InChI is InChI=1S/C14H16N2O2/c15-8-12-7-14(18-16-12)9-17-13-5-4-10-2-1-3-11(10)6-13/h4-7H,1-3,8-9,15H2. The summed E-state index contributed by atoms with van der Waals surface area (Å²) in [5.41, 5.74) is 9.08. The van der Waals surface area contributed by atoms with E-state index in [1.54, 1.807) is 0 Å². The monoisotopic (exact) mass is 244 g/mol. The average molecular weight is 244 g/mol. The maximum Gasteiger partial charge on any atom is 0.174 e. The summed E-state index contributed by atoms with van der Waals surface area (Å²) in [7, 11) is 0. The van der Waals surface area contributed by atoms with Gasteiger partial charge in [-0.3, -0.25) is 0 Å². The Hall–Kier alpha value is -1.81. The van der Waals surface area contributed by atoms with Crippen LogP contribution in [0.2, 0.25) is 0 Å². The topological polar surface area (TPSA) is 61.3 Å². The second-order valence-electron chi connectivity index (χ2n) is 4.56. The van der Waals surface area contributed by atoms with Gasteiger partial charge in [0.05, 0.1) is 5.69 Å². The second kappa shape index (κ2) is 4.82. The van der Waals surface area contributed by atoms with Crippen molar-refractivity contribution >= 4 is 0 Å². The zero-order chi connectivity index (χ0) is 12.4. The van der Waals surface area contributed by atoms with Crippen LogP contribution in [0.1, 0.15) is 29.0 Å². The highest BCUT2D eigenvalue weighted by Crippen LogP contribution is 2.26. The van der Waals surface area contributed by atoms with Crippen LogP contribution in [0.5, 0.6) is 5.75 Å². The largest absolute Gasteiger partial charge is 0.486 e. The first-order valence-corrected chi connectivity index (χ1v) is 6.24. The molecule has 0 fully saturated rings. The number of hydrogen-bond donors (Lipinski definition) is 1. The van der Waals surface area contributed by atoms with Gasteiger partial charge in [-0.25, -0.2) is 0 Å². The molecule has 2 aromatic rings. The maximum absolute atomic E-state index is 5.70. The van der Waals surface area contributed by atoms with Gasteiger partial charge in [0.1, 0.15) is 12.4 Å². The fourth-order valence-electron chi connectivity index (χ4n) is 2.31. The first-order chi connectivity index (χ1) is 8.85. The van der Waals surface area contributed by atoms with Crippen molar-refractivity contribution in [3.63, 3.8) is 0 Å². The number of aromatic nitrogens is 1. The number of benzene rings is 1. The fourth-order valence-corrected chi connectivity index (χ4v) is 2.31. The van der Waals surface area contributed by atoms with E-state index in [1.165, 1.54) is 24.0 Å². The molecule has 1 aliphatic rings. The molecule has 3 rings (SSSR count). The van der Waals surface area contributed by atoms with E-state index < -0.39 is 0 Å². The van der Waals surface area contributed by atoms with Crippen molar-refractivity contribution in [2.45, 2.75) is 32.4 Å². The Bertz CT molecular complexity index is 548. The van der Waals surface area contributed by atoms with Gasteiger partial charge in [-0.15, -0.1) is 0 Å². The van der Waals surface area contributed by atoms with E-state index in [4.69, 9.17) is 15.0 Å². The van der Waals surface area contributed by atoms with E-state index in [2.05, 4.69) is 17.3 Å². The van der Waals surface area contributed by atoms with Gasteiger partial charge in [0.15, 0.2) is 5.76 Å². The van der Waals surface area contributed by atoms with Crippen LogP contribution < -0.4 is 10.5 Å². The Kier molecular flexibility index (Phi) is 3.02. The van der Waals surface area contributed by atoms with Crippen molar-refractivity contribution in [3.8, 4) is 5.75 Å². The first-order valence-electron chi connectivity index (χ1n) is 6.24. The molecule has 1 heterocycles. The van der Waals surface area contributed by atoms with Crippen LogP contribution in [0, 0.1) is 0 Å². The highest BCUT2D eigenvalue weighted by molar-refractivity contribution is 5.38. The van der Waals surface area contributed by atoms with Gasteiger partial charge in [0.25, 0.3) is 0 Å². The summed E-state index contributed by atoms with van der Waals surface area (Å²) in [6.07, 6.45) is 3.60. The zero-order valence-electron chi connectivity index (χ0n) is 10.2. The van der Waals surface area contributed by atoms with Gasteiger partial charge in [0.2, 0.25) is 0 Å². The molecular weight excluding hydrogens is 228 g/mol. The Morgan fingerprint density at radius 3 is 2.94 bits per heavy atom. The minimum absolute atomic E-state index is 0.391. The molecule has 0 saturated heterocycles. The summed E-state index contributed by atoms with van der Waals surface area (Å²) in [6, 6.07) is 8.13. The molecule has 2 N–H and O–H groups in total. The molecule has 0 radical (unpaired) electrons. The minimum atomic E-state index is 0.391. The minimum Gasteiger partial charge on any atom is -0.486 e. The van der Waals surface area contributed by atoms with Gasteiger partial charge >= 0.3 is 0 Å². The summed E-state index contributed by atoms with van der Waals surface area (Å²) in [4.78, 5) is 0. The van der Waals surface area contributed by atoms with Crippen molar-refractivity contribution in [2.75, 3.05) is 0 Å². The van der Waals surface area contributed by atoms with E-state index in [9.17, 15) is 0 Å². The van der Waals surface area contributed by atoms with Crippen molar-refractivity contribution in [1.82, 2.24) is 5.16 Å². The van der Waals surface area contributed by atoms with Crippen LogP contribution in [0.4, 0.5) is 0 Å². The molecule has 1 aliphatic carbocycles. The number of ether oxygens (including phenoxy) is 1. The molecule has 0 amide bonds. The lowest BCUT2D eigenvalue weighted by Gasteiger charge is -2.06. The molecule has 1 aromatic heterocycles. The zero-order valence-corrected chi connectivity index (χ0v) is 10.2. The van der Waals surface area contributed by atoms with Crippen LogP contribution in [-0.4, -0.2) is 5.16 Å². The van der Waals surface area contributed by atoms with Crippen LogP contribution in [0.3, 0.4) is 0 Å². The summed E-state index contributed by atoms with van der Waals surface area (Å²) in [5, 5.41) is 3.82. The number of hydrogen-bond acceptors (Lipinski definition) is 4. The van der Waals surface area contributed by atoms with Gasteiger partial charge in [-0.05, 0) is 42.5 Å². The van der Waals surface area contributed by atoms with Gasteiger partial charge in [0, 0.05) is 12.6 Å². The number of fused-ring (bicyclic) bond motifs is 1. The Morgan fingerprint density at radius 1 is 1.22 bits per heavy atom. The molecule has 0 bridgehead atoms. The Morgan fingerprint density at radius 2 is 2.11 bits per heavy atom. The maximum atomic E-state index is 5.70. The molecular formula is C14H16N2O2. The summed E-state index contributed by atoms with van der Waals surface area (Å²) in [6.45, 7) is 0.786. The van der Waals surface area contributed by atoms with Crippen LogP contribution in [0.15, 0.2) is 28.8 Å². The van der Waals surface area contributed by atoms with E-state index in [-0.39, 0.29) is 0 Å². The van der Waals surface area contributed by atoms with E-state index >= 15 is 0 Å². The van der Waals surface area contributed by atoms with Gasteiger partial charge in [-0.2, -0.15) is 0 Å². The smallest absolute Gasteiger partial charge is 0.174 e. The lowest BCUT2D eigenvalue weighted by atomic mass is 10.1. The highest BCUT2D eigenvalue weighted by Gasteiger charge is 2.11. The molecule has 4 nitrogen and oxygen atoms in total. The van der Waals surface area contributed by atoms with Gasteiger partial charge < -0.3 is 15.0 Å². The summed E-state index contributed by atoms with van der Waals surface area (Å²) < 4.78 is 10.8. The quantitative estimate of drug-likeness (QED) is 0.895. The van der Waals surface area contributed by atoms with Crippen molar-refractivity contribution in [2.24, 2.45) is 5.73 Å².